The van der Waals surface area contributed by atoms with Crippen LogP contribution in [0.5, 0.6) is 5.75 Å². The highest BCUT2D eigenvalue weighted by atomic mass is 35.5. The monoisotopic (exact) mass is 339 g/mol. The Balaban J connectivity index is 1.91. The van der Waals surface area contributed by atoms with Crippen molar-refractivity contribution in [2.45, 2.75) is 45.3 Å². The van der Waals surface area contributed by atoms with Gasteiger partial charge >= 0.3 is 5.97 Å². The molecule has 23 heavy (non-hydrogen) atoms. The minimum absolute atomic E-state index is 0.141. The molecule has 1 amide bonds. The zero-order chi connectivity index (χ0) is 16.8. The first-order valence-electron chi connectivity index (χ1n) is 7.92. The quantitative estimate of drug-likeness (QED) is 0.747. The van der Waals surface area contributed by atoms with Gasteiger partial charge in [0, 0.05) is 18.1 Å². The molecule has 2 atom stereocenters. The van der Waals surface area contributed by atoms with Crippen molar-refractivity contribution in [1.82, 2.24) is 4.90 Å². The van der Waals surface area contributed by atoms with E-state index < -0.39 is 18.2 Å². The number of carbonyl (C=O) groups excluding carboxylic acids is 2. The van der Waals surface area contributed by atoms with E-state index in [2.05, 4.69) is 0 Å². The van der Waals surface area contributed by atoms with E-state index in [9.17, 15) is 9.59 Å². The summed E-state index contributed by atoms with van der Waals surface area (Å²) in [4.78, 5) is 26.1. The van der Waals surface area contributed by atoms with Gasteiger partial charge in [-0.3, -0.25) is 4.79 Å². The number of halogens is 1. The molecule has 6 heteroatoms. The second-order valence-electron chi connectivity index (χ2n) is 5.58. The number of nitrogens with zero attached hydrogens (tertiary/aromatic N) is 1. The van der Waals surface area contributed by atoms with Gasteiger partial charge < -0.3 is 14.4 Å². The first-order chi connectivity index (χ1) is 11.0. The fourth-order valence-electron chi connectivity index (χ4n) is 2.47. The molecule has 1 aliphatic heterocycles. The van der Waals surface area contributed by atoms with E-state index in [1.54, 1.807) is 36.1 Å². The summed E-state index contributed by atoms with van der Waals surface area (Å²) in [5.41, 5.74) is 0. The lowest BCUT2D eigenvalue weighted by Gasteiger charge is -2.23. The Kier molecular flexibility index (Phi) is 6.28. The first kappa shape index (κ1) is 17.6. The predicted octanol–water partition coefficient (Wildman–Crippen LogP) is 3.05. The van der Waals surface area contributed by atoms with Gasteiger partial charge in [-0.1, -0.05) is 18.5 Å². The molecule has 1 aliphatic rings. The molecule has 2 rings (SSSR count). The average molecular weight is 340 g/mol. The summed E-state index contributed by atoms with van der Waals surface area (Å²) < 4.78 is 10.9. The lowest BCUT2D eigenvalue weighted by atomic mass is 10.2. The van der Waals surface area contributed by atoms with Gasteiger partial charge in [-0.15, -0.1) is 0 Å². The van der Waals surface area contributed by atoms with Gasteiger partial charge in [0.25, 0.3) is 5.91 Å². The Morgan fingerprint density at radius 3 is 2.39 bits per heavy atom. The summed E-state index contributed by atoms with van der Waals surface area (Å²) in [5.74, 6) is -0.128. The van der Waals surface area contributed by atoms with E-state index in [1.807, 2.05) is 6.92 Å². The van der Waals surface area contributed by atoms with E-state index in [0.29, 0.717) is 17.2 Å². The maximum Gasteiger partial charge on any atom is 0.348 e. The van der Waals surface area contributed by atoms with E-state index in [4.69, 9.17) is 21.1 Å². The fraction of sp³-hybridized carbons (Fsp3) is 0.529. The number of carbonyl (C=O) groups is 2. The van der Waals surface area contributed by atoms with Crippen LogP contribution in [0.2, 0.25) is 5.02 Å². The van der Waals surface area contributed by atoms with E-state index in [0.717, 1.165) is 25.9 Å². The third-order valence-corrected chi connectivity index (χ3v) is 4.04. The van der Waals surface area contributed by atoms with Gasteiger partial charge in [-0.05, 0) is 50.5 Å². The predicted molar refractivity (Wildman–Crippen MR) is 87.5 cm³/mol. The molecular formula is C17H22ClNO4. The smallest absolute Gasteiger partial charge is 0.348 e. The highest BCUT2D eigenvalue weighted by Crippen LogP contribution is 2.18. The normalized spacial score (nSPS) is 16.7. The van der Waals surface area contributed by atoms with E-state index in [1.165, 1.54) is 0 Å². The number of benzene rings is 1. The molecule has 0 spiro atoms. The average Bonchev–Trinajstić information content (AvgIpc) is 3.07. The second-order valence-corrected chi connectivity index (χ2v) is 6.02. The van der Waals surface area contributed by atoms with Crippen molar-refractivity contribution in [3.05, 3.63) is 29.3 Å². The molecule has 5 nitrogen and oxygen atoms in total. The molecule has 1 saturated heterocycles. The maximum atomic E-state index is 12.2. The van der Waals surface area contributed by atoms with Crippen molar-refractivity contribution in [1.29, 1.82) is 0 Å². The Morgan fingerprint density at radius 1 is 1.22 bits per heavy atom. The van der Waals surface area contributed by atoms with Crippen molar-refractivity contribution in [3.8, 4) is 5.75 Å². The molecule has 1 aromatic rings. The minimum atomic E-state index is -0.788. The van der Waals surface area contributed by atoms with Gasteiger partial charge in [0.15, 0.2) is 12.2 Å². The van der Waals surface area contributed by atoms with Crippen LogP contribution in [0, 0.1) is 0 Å². The van der Waals surface area contributed by atoms with Crippen molar-refractivity contribution < 1.29 is 19.1 Å². The number of hydrogen-bond donors (Lipinski definition) is 0. The summed E-state index contributed by atoms with van der Waals surface area (Å²) in [5, 5.41) is 0.595. The standard InChI is InChI=1S/C17H22ClNO4/c1-3-15(23-14-8-6-13(18)7-9-14)17(21)22-12(2)16(20)19-10-4-5-11-19/h6-9,12,15H,3-5,10-11H2,1-2H3/t12-,15-/m0/s1. The summed E-state index contributed by atoms with van der Waals surface area (Å²) in [6.45, 7) is 4.90. The largest absolute Gasteiger partial charge is 0.479 e. The highest BCUT2D eigenvalue weighted by molar-refractivity contribution is 6.30. The maximum absolute atomic E-state index is 12.2. The van der Waals surface area contributed by atoms with Gasteiger partial charge in [0.2, 0.25) is 0 Å². The first-order valence-corrected chi connectivity index (χ1v) is 8.30. The van der Waals surface area contributed by atoms with Crippen LogP contribution >= 0.6 is 11.6 Å². The van der Waals surface area contributed by atoms with Crippen LogP contribution in [-0.2, 0) is 14.3 Å². The topological polar surface area (TPSA) is 55.8 Å². The van der Waals surface area contributed by atoms with Crippen LogP contribution in [0.3, 0.4) is 0 Å². The number of ether oxygens (including phenoxy) is 2. The Morgan fingerprint density at radius 2 is 1.83 bits per heavy atom. The second kappa shape index (κ2) is 8.20. The van der Waals surface area contributed by atoms with Crippen molar-refractivity contribution in [2.24, 2.45) is 0 Å². The summed E-state index contributed by atoms with van der Waals surface area (Å²) in [6, 6.07) is 6.76. The van der Waals surface area contributed by atoms with Gasteiger partial charge in [-0.2, -0.15) is 0 Å². The molecule has 1 fully saturated rings. The summed E-state index contributed by atoms with van der Waals surface area (Å²) in [7, 11) is 0. The molecule has 0 aliphatic carbocycles. The van der Waals surface area contributed by atoms with E-state index >= 15 is 0 Å². The minimum Gasteiger partial charge on any atom is -0.479 e. The SMILES string of the molecule is CC[C@H](Oc1ccc(Cl)cc1)C(=O)O[C@@H](C)C(=O)N1CCCC1. The van der Waals surface area contributed by atoms with Gasteiger partial charge in [0.1, 0.15) is 5.75 Å². The number of rotatable bonds is 6. The van der Waals surface area contributed by atoms with Gasteiger partial charge in [0.05, 0.1) is 0 Å². The lowest BCUT2D eigenvalue weighted by Crippen LogP contribution is -2.40. The number of likely N-dealkylation sites (tertiary alicyclic amines) is 1. The van der Waals surface area contributed by atoms with E-state index in [-0.39, 0.29) is 5.91 Å². The van der Waals surface area contributed by atoms with Crippen LogP contribution in [0.15, 0.2) is 24.3 Å². The third-order valence-electron chi connectivity index (χ3n) is 3.78. The molecule has 0 radical (unpaired) electrons. The van der Waals surface area contributed by atoms with Crippen molar-refractivity contribution >= 4 is 23.5 Å². The zero-order valence-electron chi connectivity index (χ0n) is 13.5. The van der Waals surface area contributed by atoms with Crippen LogP contribution in [-0.4, -0.2) is 42.1 Å². The molecule has 0 aromatic heterocycles. The molecule has 0 saturated carbocycles. The Hall–Kier alpha value is -1.75. The lowest BCUT2D eigenvalue weighted by molar-refractivity contribution is -0.164. The van der Waals surface area contributed by atoms with Crippen LogP contribution in [0.1, 0.15) is 33.1 Å². The number of amides is 1. The van der Waals surface area contributed by atoms with Crippen molar-refractivity contribution in [2.75, 3.05) is 13.1 Å². The summed E-state index contributed by atoms with van der Waals surface area (Å²) >= 11 is 5.82. The highest BCUT2D eigenvalue weighted by Gasteiger charge is 2.29. The number of esters is 1. The Labute approximate surface area is 141 Å². The zero-order valence-corrected chi connectivity index (χ0v) is 14.2. The van der Waals surface area contributed by atoms with Crippen molar-refractivity contribution in [3.63, 3.8) is 0 Å². The molecule has 0 N–H and O–H groups in total. The molecule has 0 unspecified atom stereocenters. The third kappa shape index (κ3) is 4.86. The number of hydrogen-bond acceptors (Lipinski definition) is 4. The molecule has 0 bridgehead atoms. The van der Waals surface area contributed by atoms with Crippen LogP contribution in [0.4, 0.5) is 0 Å². The molecule has 126 valence electrons. The van der Waals surface area contributed by atoms with Gasteiger partial charge in [-0.25, -0.2) is 4.79 Å². The molecule has 1 aromatic carbocycles. The molecule has 1 heterocycles. The van der Waals surface area contributed by atoms with Crippen LogP contribution < -0.4 is 4.74 Å². The van der Waals surface area contributed by atoms with Crippen LogP contribution in [0.25, 0.3) is 0 Å². The molecular weight excluding hydrogens is 318 g/mol. The Bertz CT molecular complexity index is 540. The summed E-state index contributed by atoms with van der Waals surface area (Å²) in [6.07, 6.45) is 0.924. The fourth-order valence-corrected chi connectivity index (χ4v) is 2.60.